The van der Waals surface area contributed by atoms with Crippen LogP contribution in [-0.4, -0.2) is 4.98 Å². The first kappa shape index (κ1) is 17.3. The maximum Gasteiger partial charge on any atom is 0.113 e. The van der Waals surface area contributed by atoms with E-state index in [2.05, 4.69) is 61.0 Å². The molecule has 0 unspecified atom stereocenters. The van der Waals surface area contributed by atoms with Crippen molar-refractivity contribution in [3.8, 4) is 11.8 Å². The molecule has 0 fully saturated rings. The molecule has 23 heavy (non-hydrogen) atoms. The monoisotopic (exact) mass is 305 g/mol. The fraction of sp³-hybridized carbons (Fsp3) is 0.409. The smallest absolute Gasteiger partial charge is 0.113 e. The van der Waals surface area contributed by atoms with E-state index < -0.39 is 0 Å². The molecule has 0 aliphatic carbocycles. The molecule has 0 spiro atoms. The van der Waals surface area contributed by atoms with Crippen LogP contribution >= 0.6 is 0 Å². The summed E-state index contributed by atoms with van der Waals surface area (Å²) in [7, 11) is 0. The Morgan fingerprint density at radius 3 is 2.17 bits per heavy atom. The van der Waals surface area contributed by atoms with E-state index in [4.69, 9.17) is 0 Å². The van der Waals surface area contributed by atoms with Crippen LogP contribution in [0.3, 0.4) is 0 Å². The molecule has 1 aromatic carbocycles. The first-order chi connectivity index (χ1) is 11.3. The SMILES string of the molecule is CCCCCCCc1ccc(C#Cc2ccc(CC)cn2)cc1. The summed E-state index contributed by atoms with van der Waals surface area (Å²) in [5.41, 5.74) is 4.56. The summed E-state index contributed by atoms with van der Waals surface area (Å²) in [6, 6.07) is 12.7. The molecular formula is C22H27N. The van der Waals surface area contributed by atoms with E-state index in [1.54, 1.807) is 0 Å². The normalized spacial score (nSPS) is 10.2. The topological polar surface area (TPSA) is 12.9 Å². The summed E-state index contributed by atoms with van der Waals surface area (Å²) >= 11 is 0. The van der Waals surface area contributed by atoms with E-state index in [0.717, 1.165) is 17.7 Å². The van der Waals surface area contributed by atoms with Crippen molar-refractivity contribution in [1.82, 2.24) is 4.98 Å². The Labute approximate surface area is 141 Å². The fourth-order valence-corrected chi connectivity index (χ4v) is 2.53. The molecule has 1 nitrogen and oxygen atoms in total. The van der Waals surface area contributed by atoms with E-state index in [-0.39, 0.29) is 0 Å². The van der Waals surface area contributed by atoms with Crippen molar-refractivity contribution in [3.63, 3.8) is 0 Å². The zero-order chi connectivity index (χ0) is 16.3. The Kier molecular flexibility index (Phi) is 7.40. The lowest BCUT2D eigenvalue weighted by atomic mass is 10.0. The van der Waals surface area contributed by atoms with Crippen LogP contribution in [0.25, 0.3) is 0 Å². The molecule has 2 rings (SSSR count). The largest absolute Gasteiger partial charge is 0.248 e. The quantitative estimate of drug-likeness (QED) is 0.482. The Balaban J connectivity index is 1.86. The molecule has 0 amide bonds. The fourth-order valence-electron chi connectivity index (χ4n) is 2.53. The van der Waals surface area contributed by atoms with Gasteiger partial charge in [0.05, 0.1) is 0 Å². The van der Waals surface area contributed by atoms with Crippen molar-refractivity contribution >= 4 is 0 Å². The van der Waals surface area contributed by atoms with Gasteiger partial charge in [0.25, 0.3) is 0 Å². The van der Waals surface area contributed by atoms with Crippen molar-refractivity contribution < 1.29 is 0 Å². The summed E-state index contributed by atoms with van der Waals surface area (Å²) < 4.78 is 0. The summed E-state index contributed by atoms with van der Waals surface area (Å²) in [6.45, 7) is 4.39. The van der Waals surface area contributed by atoms with Crippen LogP contribution in [0.1, 0.15) is 68.3 Å². The second-order valence-corrected chi connectivity index (χ2v) is 6.02. The van der Waals surface area contributed by atoms with E-state index in [0.29, 0.717) is 0 Å². The number of benzene rings is 1. The molecule has 0 aliphatic rings. The molecule has 2 aromatic rings. The van der Waals surface area contributed by atoms with Crippen molar-refractivity contribution in [1.29, 1.82) is 0 Å². The number of aryl methyl sites for hydroxylation is 2. The standard InChI is InChI=1S/C22H27N/c1-3-5-6-7-8-9-20-10-12-21(13-11-20)15-17-22-16-14-19(4-2)18-23-22/h10-14,16,18H,3-9H2,1-2H3. The van der Waals surface area contributed by atoms with Crippen LogP contribution in [0, 0.1) is 11.8 Å². The van der Waals surface area contributed by atoms with E-state index >= 15 is 0 Å². The van der Waals surface area contributed by atoms with Gasteiger partial charge >= 0.3 is 0 Å². The lowest BCUT2D eigenvalue weighted by Gasteiger charge is -2.01. The number of nitrogens with zero attached hydrogens (tertiary/aromatic N) is 1. The highest BCUT2D eigenvalue weighted by molar-refractivity contribution is 5.41. The summed E-state index contributed by atoms with van der Waals surface area (Å²) in [4.78, 5) is 4.37. The molecule has 120 valence electrons. The third-order valence-electron chi connectivity index (χ3n) is 4.09. The van der Waals surface area contributed by atoms with Gasteiger partial charge in [0.2, 0.25) is 0 Å². The molecule has 0 radical (unpaired) electrons. The Morgan fingerprint density at radius 1 is 0.783 bits per heavy atom. The minimum Gasteiger partial charge on any atom is -0.248 e. The van der Waals surface area contributed by atoms with Crippen LogP contribution in [0.5, 0.6) is 0 Å². The van der Waals surface area contributed by atoms with Gasteiger partial charge in [-0.1, -0.05) is 63.7 Å². The summed E-state index contributed by atoms with van der Waals surface area (Å²) in [6.07, 6.45) is 10.8. The van der Waals surface area contributed by atoms with Crippen molar-refractivity contribution in [3.05, 3.63) is 65.0 Å². The average molecular weight is 305 g/mol. The van der Waals surface area contributed by atoms with Gasteiger partial charge in [0.15, 0.2) is 0 Å². The van der Waals surface area contributed by atoms with Gasteiger partial charge in [-0.15, -0.1) is 0 Å². The van der Waals surface area contributed by atoms with E-state index in [9.17, 15) is 0 Å². The molecule has 0 saturated heterocycles. The highest BCUT2D eigenvalue weighted by Crippen LogP contribution is 2.10. The van der Waals surface area contributed by atoms with Gasteiger partial charge in [0.1, 0.15) is 5.69 Å². The van der Waals surface area contributed by atoms with Gasteiger partial charge < -0.3 is 0 Å². The lowest BCUT2D eigenvalue weighted by Crippen LogP contribution is -1.87. The minimum absolute atomic E-state index is 0.835. The first-order valence-corrected chi connectivity index (χ1v) is 8.87. The van der Waals surface area contributed by atoms with E-state index in [1.807, 2.05) is 12.3 Å². The number of pyridine rings is 1. The average Bonchev–Trinajstić information content (AvgIpc) is 2.61. The Hall–Kier alpha value is -2.07. The molecule has 1 heterocycles. The number of rotatable bonds is 7. The van der Waals surface area contributed by atoms with Gasteiger partial charge in [-0.2, -0.15) is 0 Å². The zero-order valence-electron chi connectivity index (χ0n) is 14.4. The highest BCUT2D eigenvalue weighted by atomic mass is 14.7. The molecular weight excluding hydrogens is 278 g/mol. The van der Waals surface area contributed by atoms with Crippen LogP contribution in [0.15, 0.2) is 42.6 Å². The van der Waals surface area contributed by atoms with Gasteiger partial charge in [0, 0.05) is 11.8 Å². The van der Waals surface area contributed by atoms with Crippen molar-refractivity contribution in [2.24, 2.45) is 0 Å². The molecule has 1 heteroatoms. The number of hydrogen-bond donors (Lipinski definition) is 0. The Morgan fingerprint density at radius 2 is 1.52 bits per heavy atom. The predicted molar refractivity (Wildman–Crippen MR) is 98.5 cm³/mol. The third-order valence-corrected chi connectivity index (χ3v) is 4.09. The van der Waals surface area contributed by atoms with Gasteiger partial charge in [-0.3, -0.25) is 0 Å². The summed E-state index contributed by atoms with van der Waals surface area (Å²) in [5, 5.41) is 0. The molecule has 1 aromatic heterocycles. The molecule has 0 aliphatic heterocycles. The number of hydrogen-bond acceptors (Lipinski definition) is 1. The molecule has 0 atom stereocenters. The van der Waals surface area contributed by atoms with E-state index in [1.165, 1.54) is 49.7 Å². The molecule has 0 bridgehead atoms. The van der Waals surface area contributed by atoms with Crippen molar-refractivity contribution in [2.45, 2.75) is 58.8 Å². The van der Waals surface area contributed by atoms with Crippen LogP contribution in [0.2, 0.25) is 0 Å². The van der Waals surface area contributed by atoms with Crippen LogP contribution in [-0.2, 0) is 12.8 Å². The zero-order valence-corrected chi connectivity index (χ0v) is 14.4. The number of aromatic nitrogens is 1. The van der Waals surface area contributed by atoms with Crippen LogP contribution < -0.4 is 0 Å². The van der Waals surface area contributed by atoms with Gasteiger partial charge in [-0.25, -0.2) is 4.98 Å². The second-order valence-electron chi connectivity index (χ2n) is 6.02. The first-order valence-electron chi connectivity index (χ1n) is 8.87. The maximum atomic E-state index is 4.37. The summed E-state index contributed by atoms with van der Waals surface area (Å²) in [5.74, 6) is 6.33. The minimum atomic E-state index is 0.835. The predicted octanol–water partition coefficient (Wildman–Crippen LogP) is 5.56. The number of unbranched alkanes of at least 4 members (excludes halogenated alkanes) is 4. The third kappa shape index (κ3) is 6.28. The van der Waals surface area contributed by atoms with Crippen LogP contribution in [0.4, 0.5) is 0 Å². The van der Waals surface area contributed by atoms with Crippen molar-refractivity contribution in [2.75, 3.05) is 0 Å². The highest BCUT2D eigenvalue weighted by Gasteiger charge is 1.95. The Bertz CT molecular complexity index is 626. The molecule has 0 saturated carbocycles. The maximum absolute atomic E-state index is 4.37. The van der Waals surface area contributed by atoms with Gasteiger partial charge in [-0.05, 0) is 54.5 Å². The lowest BCUT2D eigenvalue weighted by molar-refractivity contribution is 0.632. The second kappa shape index (κ2) is 9.85. The molecule has 0 N–H and O–H groups in total.